The van der Waals surface area contributed by atoms with Gasteiger partial charge in [0.15, 0.2) is 0 Å². The standard InChI is InChI=1S/C14H12BrNO3/c15-11-2-1-3-12(13(11)14(16)18)19-10-6-4-9(8-17)5-7-10/h1-7,17H,8H2,(H2,16,18). The number of carbonyl (C=O) groups excluding carboxylic acids is 1. The lowest BCUT2D eigenvalue weighted by molar-refractivity contribution is 0.0997. The molecule has 2 aromatic carbocycles. The molecule has 0 spiro atoms. The number of amides is 1. The Balaban J connectivity index is 2.32. The van der Waals surface area contributed by atoms with Crippen molar-refractivity contribution >= 4 is 21.8 Å². The molecule has 0 saturated heterocycles. The molecule has 4 nitrogen and oxygen atoms in total. The summed E-state index contributed by atoms with van der Waals surface area (Å²) in [6, 6.07) is 12.1. The number of hydrogen-bond acceptors (Lipinski definition) is 3. The van der Waals surface area contributed by atoms with E-state index in [9.17, 15) is 4.79 Å². The Morgan fingerprint density at radius 1 is 1.21 bits per heavy atom. The number of nitrogens with two attached hydrogens (primary N) is 1. The zero-order valence-electron chi connectivity index (χ0n) is 9.97. The van der Waals surface area contributed by atoms with Crippen molar-refractivity contribution < 1.29 is 14.6 Å². The van der Waals surface area contributed by atoms with Crippen LogP contribution in [0.15, 0.2) is 46.9 Å². The van der Waals surface area contributed by atoms with E-state index in [-0.39, 0.29) is 6.61 Å². The van der Waals surface area contributed by atoms with Gasteiger partial charge in [0.2, 0.25) is 0 Å². The molecule has 5 heteroatoms. The van der Waals surface area contributed by atoms with Crippen molar-refractivity contribution in [3.63, 3.8) is 0 Å². The van der Waals surface area contributed by atoms with Gasteiger partial charge in [0.25, 0.3) is 5.91 Å². The summed E-state index contributed by atoms with van der Waals surface area (Å²) in [5.74, 6) is 0.394. The van der Waals surface area contributed by atoms with E-state index in [2.05, 4.69) is 15.9 Å². The summed E-state index contributed by atoms with van der Waals surface area (Å²) >= 11 is 3.27. The second-order valence-electron chi connectivity index (χ2n) is 3.88. The molecule has 0 radical (unpaired) electrons. The average Bonchev–Trinajstić information content (AvgIpc) is 2.39. The Morgan fingerprint density at radius 3 is 2.47 bits per heavy atom. The molecular formula is C14H12BrNO3. The van der Waals surface area contributed by atoms with Gasteiger partial charge in [-0.05, 0) is 45.8 Å². The van der Waals surface area contributed by atoms with E-state index in [0.717, 1.165) is 5.56 Å². The molecule has 0 bridgehead atoms. The maximum Gasteiger partial charge on any atom is 0.253 e. The predicted molar refractivity (Wildman–Crippen MR) is 75.1 cm³/mol. The predicted octanol–water partition coefficient (Wildman–Crippen LogP) is 2.83. The Morgan fingerprint density at radius 2 is 1.89 bits per heavy atom. The quantitative estimate of drug-likeness (QED) is 0.909. The first-order chi connectivity index (χ1) is 9.11. The molecule has 0 heterocycles. The average molecular weight is 322 g/mol. The lowest BCUT2D eigenvalue weighted by atomic mass is 10.2. The van der Waals surface area contributed by atoms with Crippen LogP contribution in [0.1, 0.15) is 15.9 Å². The van der Waals surface area contributed by atoms with E-state index in [1.165, 1.54) is 0 Å². The molecule has 0 aliphatic carbocycles. The van der Waals surface area contributed by atoms with Crippen LogP contribution in [0.3, 0.4) is 0 Å². The van der Waals surface area contributed by atoms with E-state index in [1.807, 2.05) is 0 Å². The number of ether oxygens (including phenoxy) is 1. The van der Waals surface area contributed by atoms with Crippen LogP contribution in [0, 0.1) is 0 Å². The summed E-state index contributed by atoms with van der Waals surface area (Å²) in [5, 5.41) is 8.96. The molecule has 2 aromatic rings. The fourth-order valence-electron chi connectivity index (χ4n) is 1.62. The van der Waals surface area contributed by atoms with Crippen LogP contribution in [0.5, 0.6) is 11.5 Å². The van der Waals surface area contributed by atoms with Crippen LogP contribution in [0.25, 0.3) is 0 Å². The molecule has 3 N–H and O–H groups in total. The SMILES string of the molecule is NC(=O)c1c(Br)cccc1Oc1ccc(CO)cc1. The zero-order chi connectivity index (χ0) is 13.8. The minimum Gasteiger partial charge on any atom is -0.456 e. The van der Waals surface area contributed by atoms with E-state index in [1.54, 1.807) is 42.5 Å². The van der Waals surface area contributed by atoms with Crippen LogP contribution in [-0.4, -0.2) is 11.0 Å². The number of hydrogen-bond donors (Lipinski definition) is 2. The number of primary amides is 1. The third-order valence-corrected chi connectivity index (χ3v) is 3.22. The molecule has 0 unspecified atom stereocenters. The van der Waals surface area contributed by atoms with Crippen LogP contribution >= 0.6 is 15.9 Å². The highest BCUT2D eigenvalue weighted by Crippen LogP contribution is 2.30. The van der Waals surface area contributed by atoms with Gasteiger partial charge in [-0.25, -0.2) is 0 Å². The summed E-state index contributed by atoms with van der Waals surface area (Å²) in [4.78, 5) is 11.4. The molecule has 0 aliphatic rings. The third-order valence-electron chi connectivity index (χ3n) is 2.56. The van der Waals surface area contributed by atoms with E-state index >= 15 is 0 Å². The highest BCUT2D eigenvalue weighted by atomic mass is 79.9. The van der Waals surface area contributed by atoms with Gasteiger partial charge in [-0.1, -0.05) is 18.2 Å². The molecule has 1 amide bonds. The van der Waals surface area contributed by atoms with E-state index in [0.29, 0.717) is 21.5 Å². The van der Waals surface area contributed by atoms with Crippen molar-refractivity contribution in [2.75, 3.05) is 0 Å². The van der Waals surface area contributed by atoms with Crippen molar-refractivity contribution in [3.8, 4) is 11.5 Å². The molecule has 0 aromatic heterocycles. The number of benzene rings is 2. The van der Waals surface area contributed by atoms with Gasteiger partial charge in [-0.2, -0.15) is 0 Å². The number of carbonyl (C=O) groups is 1. The van der Waals surface area contributed by atoms with Crippen LogP contribution in [0.4, 0.5) is 0 Å². The summed E-state index contributed by atoms with van der Waals surface area (Å²) < 4.78 is 6.23. The van der Waals surface area contributed by atoms with Gasteiger partial charge in [-0.3, -0.25) is 4.79 Å². The molecule has 0 atom stereocenters. The number of halogens is 1. The second-order valence-corrected chi connectivity index (χ2v) is 4.74. The summed E-state index contributed by atoms with van der Waals surface area (Å²) in [6.45, 7) is -0.0241. The lowest BCUT2D eigenvalue weighted by Gasteiger charge is -2.10. The van der Waals surface area contributed by atoms with Crippen LogP contribution in [0.2, 0.25) is 0 Å². The first-order valence-corrected chi connectivity index (χ1v) is 6.37. The van der Waals surface area contributed by atoms with Gasteiger partial charge in [-0.15, -0.1) is 0 Å². The zero-order valence-corrected chi connectivity index (χ0v) is 11.6. The summed E-state index contributed by atoms with van der Waals surface area (Å²) in [6.07, 6.45) is 0. The maximum atomic E-state index is 11.4. The Labute approximate surface area is 118 Å². The molecule has 0 aliphatic heterocycles. The Hall–Kier alpha value is -1.85. The minimum atomic E-state index is -0.561. The van der Waals surface area contributed by atoms with Crippen molar-refractivity contribution in [1.29, 1.82) is 0 Å². The first kappa shape index (κ1) is 13.6. The molecule has 0 saturated carbocycles. The number of aliphatic hydroxyl groups excluding tert-OH is 1. The smallest absolute Gasteiger partial charge is 0.253 e. The molecule has 19 heavy (non-hydrogen) atoms. The molecule has 0 fully saturated rings. The van der Waals surface area contributed by atoms with Gasteiger partial charge >= 0.3 is 0 Å². The van der Waals surface area contributed by atoms with Crippen LogP contribution in [-0.2, 0) is 6.61 Å². The number of rotatable bonds is 4. The first-order valence-electron chi connectivity index (χ1n) is 5.58. The second kappa shape index (κ2) is 5.86. The van der Waals surface area contributed by atoms with Crippen molar-refractivity contribution in [3.05, 3.63) is 58.1 Å². The topological polar surface area (TPSA) is 72.6 Å². The number of aliphatic hydroxyl groups is 1. The Bertz CT molecular complexity index is 596. The maximum absolute atomic E-state index is 11.4. The van der Waals surface area contributed by atoms with Crippen molar-refractivity contribution in [2.45, 2.75) is 6.61 Å². The van der Waals surface area contributed by atoms with Gasteiger partial charge in [0, 0.05) is 4.47 Å². The summed E-state index contributed by atoms with van der Waals surface area (Å²) in [5.41, 5.74) is 6.42. The van der Waals surface area contributed by atoms with Gasteiger partial charge < -0.3 is 15.6 Å². The lowest BCUT2D eigenvalue weighted by Crippen LogP contribution is -2.13. The van der Waals surface area contributed by atoms with Crippen LogP contribution < -0.4 is 10.5 Å². The highest BCUT2D eigenvalue weighted by Gasteiger charge is 2.13. The fourth-order valence-corrected chi connectivity index (χ4v) is 2.16. The monoisotopic (exact) mass is 321 g/mol. The van der Waals surface area contributed by atoms with Gasteiger partial charge in [0.05, 0.1) is 12.2 Å². The van der Waals surface area contributed by atoms with Crippen molar-refractivity contribution in [1.82, 2.24) is 0 Å². The normalized spacial score (nSPS) is 10.2. The minimum absolute atomic E-state index is 0.0241. The van der Waals surface area contributed by atoms with E-state index < -0.39 is 5.91 Å². The fraction of sp³-hybridized carbons (Fsp3) is 0.0714. The highest BCUT2D eigenvalue weighted by molar-refractivity contribution is 9.10. The van der Waals surface area contributed by atoms with E-state index in [4.69, 9.17) is 15.6 Å². The molecule has 98 valence electrons. The third kappa shape index (κ3) is 3.13. The largest absolute Gasteiger partial charge is 0.456 e. The summed E-state index contributed by atoms with van der Waals surface area (Å²) in [7, 11) is 0. The molecule has 2 rings (SSSR count). The van der Waals surface area contributed by atoms with Crippen molar-refractivity contribution in [2.24, 2.45) is 5.73 Å². The Kier molecular flexibility index (Phi) is 4.19. The van der Waals surface area contributed by atoms with Gasteiger partial charge in [0.1, 0.15) is 11.5 Å². The molecular weight excluding hydrogens is 310 g/mol.